The first-order chi connectivity index (χ1) is 10.4. The lowest BCUT2D eigenvalue weighted by Gasteiger charge is -2.20. The number of hydrogen-bond donors (Lipinski definition) is 0. The number of carbonyl (C=O) groups excluding carboxylic acids is 1. The van der Waals surface area contributed by atoms with Crippen LogP contribution in [-0.4, -0.2) is 10.9 Å². The summed E-state index contributed by atoms with van der Waals surface area (Å²) in [5, 5.41) is 10.9. The Kier molecular flexibility index (Phi) is 4.94. The molecule has 0 spiro atoms. The topological polar surface area (TPSA) is 57.0 Å². The third-order valence-electron chi connectivity index (χ3n) is 3.30. The SMILES string of the molecule is CC(=O)N(Cc1cccc(C#N)c1)c1sc(C(C)C)nc1C. The van der Waals surface area contributed by atoms with Crippen molar-refractivity contribution in [3.05, 3.63) is 46.1 Å². The van der Waals surface area contributed by atoms with E-state index in [1.165, 1.54) is 0 Å². The second-order valence-electron chi connectivity index (χ2n) is 5.51. The molecule has 0 aliphatic carbocycles. The van der Waals surface area contributed by atoms with Crippen molar-refractivity contribution in [1.29, 1.82) is 5.26 Å². The van der Waals surface area contributed by atoms with Crippen LogP contribution >= 0.6 is 11.3 Å². The predicted octanol–water partition coefficient (Wildman–Crippen LogP) is 4.00. The Hall–Kier alpha value is -2.19. The maximum atomic E-state index is 12.1. The lowest BCUT2D eigenvalue weighted by molar-refractivity contribution is -0.116. The van der Waals surface area contributed by atoms with E-state index in [4.69, 9.17) is 5.26 Å². The molecule has 22 heavy (non-hydrogen) atoms. The first-order valence-corrected chi connectivity index (χ1v) is 7.98. The van der Waals surface area contributed by atoms with E-state index in [1.54, 1.807) is 29.2 Å². The van der Waals surface area contributed by atoms with E-state index in [0.717, 1.165) is 21.3 Å². The number of nitriles is 1. The number of amides is 1. The Morgan fingerprint density at radius 3 is 2.73 bits per heavy atom. The second kappa shape index (κ2) is 6.71. The number of nitrogens with zero attached hydrogens (tertiary/aromatic N) is 3. The minimum Gasteiger partial charge on any atom is -0.298 e. The normalized spacial score (nSPS) is 10.5. The highest BCUT2D eigenvalue weighted by molar-refractivity contribution is 7.16. The first-order valence-electron chi connectivity index (χ1n) is 7.16. The largest absolute Gasteiger partial charge is 0.298 e. The molecule has 0 radical (unpaired) electrons. The monoisotopic (exact) mass is 313 g/mol. The van der Waals surface area contributed by atoms with Gasteiger partial charge in [0, 0.05) is 12.8 Å². The molecular formula is C17H19N3OS. The van der Waals surface area contributed by atoms with Crippen LogP contribution in [0.15, 0.2) is 24.3 Å². The van der Waals surface area contributed by atoms with Gasteiger partial charge >= 0.3 is 0 Å². The minimum absolute atomic E-state index is 0.0237. The Morgan fingerprint density at radius 2 is 2.18 bits per heavy atom. The van der Waals surface area contributed by atoms with Gasteiger partial charge in [-0.1, -0.05) is 26.0 Å². The van der Waals surface area contributed by atoms with Gasteiger partial charge in [0.1, 0.15) is 5.00 Å². The van der Waals surface area contributed by atoms with Crippen LogP contribution in [0.5, 0.6) is 0 Å². The van der Waals surface area contributed by atoms with E-state index >= 15 is 0 Å². The molecule has 0 aliphatic heterocycles. The van der Waals surface area contributed by atoms with E-state index in [1.807, 2.05) is 25.1 Å². The van der Waals surface area contributed by atoms with Gasteiger partial charge in [-0.2, -0.15) is 5.26 Å². The van der Waals surface area contributed by atoms with Crippen molar-refractivity contribution >= 4 is 22.2 Å². The standard InChI is InChI=1S/C17H19N3OS/c1-11(2)16-19-12(3)17(22-16)20(13(4)21)10-15-7-5-6-14(8-15)9-18/h5-8,11H,10H2,1-4H3. The van der Waals surface area contributed by atoms with Crippen molar-refractivity contribution in [3.8, 4) is 6.07 Å². The zero-order valence-corrected chi connectivity index (χ0v) is 14.1. The van der Waals surface area contributed by atoms with Crippen LogP contribution in [-0.2, 0) is 11.3 Å². The number of thiazole rings is 1. The predicted molar refractivity (Wildman–Crippen MR) is 89.0 cm³/mol. The Bertz CT molecular complexity index is 728. The van der Waals surface area contributed by atoms with E-state index in [9.17, 15) is 4.79 Å². The number of anilines is 1. The molecule has 5 heteroatoms. The summed E-state index contributed by atoms with van der Waals surface area (Å²) in [6.07, 6.45) is 0. The highest BCUT2D eigenvalue weighted by Gasteiger charge is 2.20. The quantitative estimate of drug-likeness (QED) is 0.857. The molecule has 4 nitrogen and oxygen atoms in total. The summed E-state index contributed by atoms with van der Waals surface area (Å²) in [5.74, 6) is 0.317. The molecule has 0 saturated heterocycles. The number of carbonyl (C=O) groups is 1. The van der Waals surface area contributed by atoms with Gasteiger partial charge in [0.25, 0.3) is 0 Å². The third kappa shape index (κ3) is 3.52. The van der Waals surface area contributed by atoms with E-state index in [2.05, 4.69) is 24.9 Å². The lowest BCUT2D eigenvalue weighted by atomic mass is 10.1. The second-order valence-corrected chi connectivity index (χ2v) is 6.52. The maximum Gasteiger partial charge on any atom is 0.224 e. The summed E-state index contributed by atoms with van der Waals surface area (Å²) in [6, 6.07) is 9.47. The van der Waals surface area contributed by atoms with Gasteiger partial charge in [-0.05, 0) is 24.6 Å². The molecular weight excluding hydrogens is 294 g/mol. The number of benzene rings is 1. The number of rotatable bonds is 4. The fourth-order valence-electron chi connectivity index (χ4n) is 2.15. The van der Waals surface area contributed by atoms with Crippen LogP contribution in [0.4, 0.5) is 5.00 Å². The fraction of sp³-hybridized carbons (Fsp3) is 0.353. The number of aromatic nitrogens is 1. The Morgan fingerprint density at radius 1 is 1.45 bits per heavy atom. The lowest BCUT2D eigenvalue weighted by Crippen LogP contribution is -2.27. The van der Waals surface area contributed by atoms with Gasteiger partial charge < -0.3 is 0 Å². The molecule has 0 aliphatic rings. The summed E-state index contributed by atoms with van der Waals surface area (Å²) in [4.78, 5) is 18.4. The molecule has 114 valence electrons. The summed E-state index contributed by atoms with van der Waals surface area (Å²) >= 11 is 1.56. The van der Waals surface area contributed by atoms with Crippen molar-refractivity contribution in [3.63, 3.8) is 0 Å². The highest BCUT2D eigenvalue weighted by Crippen LogP contribution is 2.33. The van der Waals surface area contributed by atoms with Gasteiger partial charge in [-0.15, -0.1) is 11.3 Å². The van der Waals surface area contributed by atoms with Gasteiger partial charge in [0.15, 0.2) is 0 Å². The van der Waals surface area contributed by atoms with Gasteiger partial charge in [-0.3, -0.25) is 9.69 Å². The van der Waals surface area contributed by atoms with Crippen LogP contribution in [0.2, 0.25) is 0 Å². The molecule has 2 aromatic rings. The van der Waals surface area contributed by atoms with Gasteiger partial charge in [-0.25, -0.2) is 4.98 Å². The average molecular weight is 313 g/mol. The first kappa shape index (κ1) is 16.2. The Balaban J connectivity index is 2.35. The van der Waals surface area contributed by atoms with Crippen LogP contribution in [0, 0.1) is 18.3 Å². The van der Waals surface area contributed by atoms with E-state index in [0.29, 0.717) is 18.0 Å². The van der Waals surface area contributed by atoms with Crippen LogP contribution in [0.1, 0.15) is 48.5 Å². The van der Waals surface area contributed by atoms with E-state index < -0.39 is 0 Å². The molecule has 1 amide bonds. The van der Waals surface area contributed by atoms with Crippen molar-refractivity contribution in [2.75, 3.05) is 4.90 Å². The van der Waals surface area contributed by atoms with Crippen molar-refractivity contribution in [2.24, 2.45) is 0 Å². The summed E-state index contributed by atoms with van der Waals surface area (Å²) in [6.45, 7) is 8.13. The summed E-state index contributed by atoms with van der Waals surface area (Å²) in [5.41, 5.74) is 2.42. The summed E-state index contributed by atoms with van der Waals surface area (Å²) in [7, 11) is 0. The molecule has 0 saturated carbocycles. The van der Waals surface area contributed by atoms with Crippen molar-refractivity contribution in [2.45, 2.75) is 40.2 Å². The van der Waals surface area contributed by atoms with Crippen LogP contribution < -0.4 is 4.90 Å². The smallest absolute Gasteiger partial charge is 0.224 e. The zero-order valence-electron chi connectivity index (χ0n) is 13.3. The van der Waals surface area contributed by atoms with Crippen molar-refractivity contribution in [1.82, 2.24) is 4.98 Å². The Labute approximate surface area is 135 Å². The van der Waals surface area contributed by atoms with Crippen LogP contribution in [0.25, 0.3) is 0 Å². The molecule has 1 aromatic heterocycles. The molecule has 0 fully saturated rings. The fourth-order valence-corrected chi connectivity index (χ4v) is 3.27. The third-order valence-corrected chi connectivity index (χ3v) is 4.79. The zero-order chi connectivity index (χ0) is 16.3. The number of aryl methyl sites for hydroxylation is 1. The van der Waals surface area contributed by atoms with Gasteiger partial charge in [0.2, 0.25) is 5.91 Å². The molecule has 0 unspecified atom stereocenters. The molecule has 1 aromatic carbocycles. The highest BCUT2D eigenvalue weighted by atomic mass is 32.1. The molecule has 1 heterocycles. The maximum absolute atomic E-state index is 12.1. The average Bonchev–Trinajstić information content (AvgIpc) is 2.86. The number of hydrogen-bond acceptors (Lipinski definition) is 4. The molecule has 0 N–H and O–H groups in total. The minimum atomic E-state index is -0.0237. The molecule has 0 atom stereocenters. The van der Waals surface area contributed by atoms with Crippen molar-refractivity contribution < 1.29 is 4.79 Å². The van der Waals surface area contributed by atoms with Gasteiger partial charge in [0.05, 0.1) is 28.9 Å². The van der Waals surface area contributed by atoms with E-state index in [-0.39, 0.29) is 5.91 Å². The van der Waals surface area contributed by atoms with Crippen LogP contribution in [0.3, 0.4) is 0 Å². The molecule has 0 bridgehead atoms. The molecule has 2 rings (SSSR count). The summed E-state index contributed by atoms with van der Waals surface area (Å²) < 4.78 is 0.